The third-order valence-electron chi connectivity index (χ3n) is 6.84. The number of nitrogens with zero attached hydrogens (tertiary/aromatic N) is 4. The number of carbonyl (C=O) groups is 2. The van der Waals surface area contributed by atoms with Crippen LogP contribution in [0.2, 0.25) is 0 Å². The third-order valence-corrected chi connectivity index (χ3v) is 6.84. The minimum Gasteiger partial charge on any atom is -0.508 e. The number of amides is 2. The number of fused-ring (bicyclic) bond motifs is 2. The van der Waals surface area contributed by atoms with Crippen molar-refractivity contribution < 1.29 is 19.4 Å². The number of morpholine rings is 1. The highest BCUT2D eigenvalue weighted by Crippen LogP contribution is 2.27. The maximum atomic E-state index is 13.7. The minimum absolute atomic E-state index is 0.124. The van der Waals surface area contributed by atoms with Gasteiger partial charge in [0.05, 0.1) is 47.5 Å². The number of ether oxygens (including phenoxy) is 1. The fourth-order valence-corrected chi connectivity index (χ4v) is 4.91. The molecule has 3 aromatic carbocycles. The molecule has 2 aliphatic heterocycles. The van der Waals surface area contributed by atoms with Gasteiger partial charge in [-0.05, 0) is 42.5 Å². The van der Waals surface area contributed by atoms with Gasteiger partial charge in [0, 0.05) is 25.2 Å². The van der Waals surface area contributed by atoms with Crippen molar-refractivity contribution in [1.82, 2.24) is 19.4 Å². The van der Waals surface area contributed by atoms with Crippen molar-refractivity contribution >= 4 is 22.7 Å². The molecule has 9 nitrogen and oxygen atoms in total. The SMILES string of the molecule is O=C1c2ccccc2C(=O)N1Cc1nc2ccccc2c(=O)n1-c1ccc(O)c(CN2CCOCC2)c1. The van der Waals surface area contributed by atoms with Crippen molar-refractivity contribution in [3.63, 3.8) is 0 Å². The molecule has 1 saturated heterocycles. The van der Waals surface area contributed by atoms with E-state index in [0.29, 0.717) is 53.0 Å². The molecular weight excluding hydrogens is 472 g/mol. The van der Waals surface area contributed by atoms with Crippen molar-refractivity contribution in [1.29, 1.82) is 0 Å². The molecule has 186 valence electrons. The molecule has 0 bridgehead atoms. The van der Waals surface area contributed by atoms with Crippen molar-refractivity contribution in [3.8, 4) is 11.4 Å². The molecule has 1 fully saturated rings. The molecule has 1 aromatic heterocycles. The Morgan fingerprint density at radius 2 is 1.51 bits per heavy atom. The first-order valence-electron chi connectivity index (χ1n) is 12.1. The van der Waals surface area contributed by atoms with E-state index in [0.717, 1.165) is 18.0 Å². The highest BCUT2D eigenvalue weighted by molar-refractivity contribution is 6.21. The smallest absolute Gasteiger partial charge is 0.266 e. The van der Waals surface area contributed by atoms with E-state index in [9.17, 15) is 19.5 Å². The van der Waals surface area contributed by atoms with Crippen LogP contribution in [0.5, 0.6) is 5.75 Å². The molecule has 0 atom stereocenters. The Morgan fingerprint density at radius 1 is 0.838 bits per heavy atom. The number of aromatic hydroxyl groups is 1. The first-order valence-corrected chi connectivity index (χ1v) is 12.1. The van der Waals surface area contributed by atoms with E-state index in [-0.39, 0.29) is 23.7 Å². The summed E-state index contributed by atoms with van der Waals surface area (Å²) < 4.78 is 6.84. The second-order valence-electron chi connectivity index (χ2n) is 9.13. The number of hydrogen-bond acceptors (Lipinski definition) is 7. The molecule has 1 N–H and O–H groups in total. The Morgan fingerprint density at radius 3 is 2.24 bits per heavy atom. The average Bonchev–Trinajstić information content (AvgIpc) is 3.16. The molecule has 9 heteroatoms. The molecule has 2 amide bonds. The zero-order valence-electron chi connectivity index (χ0n) is 20.0. The minimum atomic E-state index is -0.423. The summed E-state index contributed by atoms with van der Waals surface area (Å²) in [6, 6.07) is 18.6. The van der Waals surface area contributed by atoms with Crippen LogP contribution in [0.15, 0.2) is 71.5 Å². The molecular formula is C28H24N4O5. The first kappa shape index (κ1) is 23.1. The fourth-order valence-electron chi connectivity index (χ4n) is 4.91. The molecule has 0 radical (unpaired) electrons. The van der Waals surface area contributed by atoms with Crippen LogP contribution in [0.25, 0.3) is 16.6 Å². The average molecular weight is 497 g/mol. The quantitative estimate of drug-likeness (QED) is 0.424. The summed E-state index contributed by atoms with van der Waals surface area (Å²) in [5, 5.41) is 11.0. The zero-order chi connectivity index (χ0) is 25.5. The molecule has 0 saturated carbocycles. The Hall–Kier alpha value is -4.34. The summed E-state index contributed by atoms with van der Waals surface area (Å²) in [6.45, 7) is 3.05. The lowest BCUT2D eigenvalue weighted by atomic mass is 10.1. The van der Waals surface area contributed by atoms with Gasteiger partial charge in [0.2, 0.25) is 0 Å². The van der Waals surface area contributed by atoms with E-state index < -0.39 is 11.8 Å². The number of hydrogen-bond donors (Lipinski definition) is 1. The highest BCUT2D eigenvalue weighted by Gasteiger charge is 2.36. The van der Waals surface area contributed by atoms with Crippen LogP contribution in [-0.4, -0.2) is 62.6 Å². The molecule has 37 heavy (non-hydrogen) atoms. The van der Waals surface area contributed by atoms with Crippen LogP contribution in [0.3, 0.4) is 0 Å². The van der Waals surface area contributed by atoms with Crippen molar-refractivity contribution in [2.75, 3.05) is 26.3 Å². The monoisotopic (exact) mass is 496 g/mol. The van der Waals surface area contributed by atoms with Gasteiger partial charge in [-0.2, -0.15) is 0 Å². The molecule has 0 spiro atoms. The van der Waals surface area contributed by atoms with Crippen molar-refractivity contribution in [3.05, 3.63) is 99.6 Å². The van der Waals surface area contributed by atoms with E-state index in [4.69, 9.17) is 9.72 Å². The maximum Gasteiger partial charge on any atom is 0.266 e. The Kier molecular flexibility index (Phi) is 5.78. The number of benzene rings is 3. The van der Waals surface area contributed by atoms with Gasteiger partial charge in [0.15, 0.2) is 0 Å². The van der Waals surface area contributed by atoms with E-state index in [2.05, 4.69) is 4.90 Å². The summed E-state index contributed by atoms with van der Waals surface area (Å²) >= 11 is 0. The van der Waals surface area contributed by atoms with Crippen LogP contribution in [0.1, 0.15) is 32.1 Å². The number of rotatable bonds is 5. The zero-order valence-corrected chi connectivity index (χ0v) is 20.0. The van der Waals surface area contributed by atoms with Crippen LogP contribution in [-0.2, 0) is 17.8 Å². The molecule has 0 aliphatic carbocycles. The van der Waals surface area contributed by atoms with Crippen LogP contribution in [0, 0.1) is 0 Å². The topological polar surface area (TPSA) is 105 Å². The van der Waals surface area contributed by atoms with Crippen LogP contribution < -0.4 is 5.56 Å². The Balaban J connectivity index is 1.45. The summed E-state index contributed by atoms with van der Waals surface area (Å²) in [5.74, 6) is -0.471. The number of para-hydroxylation sites is 1. The van der Waals surface area contributed by atoms with E-state index in [1.165, 1.54) is 4.57 Å². The standard InChI is InChI=1S/C28H24N4O5/c33-24-10-9-19(15-18(24)16-30-11-13-37-14-12-30)32-25(29-23-8-4-3-7-22(23)28(32)36)17-31-26(34)20-5-1-2-6-21(20)27(31)35/h1-10,15,33H,11-14,16-17H2. The van der Waals surface area contributed by atoms with Gasteiger partial charge in [-0.25, -0.2) is 4.98 Å². The number of aromatic nitrogens is 2. The molecule has 0 unspecified atom stereocenters. The number of phenolic OH excluding ortho intramolecular Hbond substituents is 1. The van der Waals surface area contributed by atoms with Gasteiger partial charge in [-0.3, -0.25) is 28.8 Å². The van der Waals surface area contributed by atoms with Crippen molar-refractivity contribution in [2.45, 2.75) is 13.1 Å². The Labute approximate surface area is 212 Å². The van der Waals surface area contributed by atoms with Crippen molar-refractivity contribution in [2.24, 2.45) is 0 Å². The van der Waals surface area contributed by atoms with Gasteiger partial charge in [-0.15, -0.1) is 0 Å². The predicted molar refractivity (Wildman–Crippen MR) is 136 cm³/mol. The molecule has 6 rings (SSSR count). The maximum absolute atomic E-state index is 13.7. The number of phenols is 1. The number of imide groups is 1. The first-order chi connectivity index (χ1) is 18.0. The van der Waals surface area contributed by atoms with Crippen LogP contribution in [0.4, 0.5) is 0 Å². The summed E-state index contributed by atoms with van der Waals surface area (Å²) in [6.07, 6.45) is 0. The predicted octanol–water partition coefficient (Wildman–Crippen LogP) is 2.72. The van der Waals surface area contributed by atoms with Gasteiger partial charge in [-0.1, -0.05) is 24.3 Å². The van der Waals surface area contributed by atoms with E-state index in [1.54, 1.807) is 66.7 Å². The van der Waals surface area contributed by atoms with Gasteiger partial charge in [0.1, 0.15) is 11.6 Å². The molecule has 2 aliphatic rings. The summed E-state index contributed by atoms with van der Waals surface area (Å²) in [4.78, 5) is 47.9. The largest absolute Gasteiger partial charge is 0.508 e. The van der Waals surface area contributed by atoms with E-state index in [1.807, 2.05) is 0 Å². The summed E-state index contributed by atoms with van der Waals surface area (Å²) in [5.41, 5.74) is 1.98. The second-order valence-corrected chi connectivity index (χ2v) is 9.13. The fraction of sp³-hybridized carbons (Fsp3) is 0.214. The van der Waals surface area contributed by atoms with Gasteiger partial charge < -0.3 is 9.84 Å². The number of carbonyl (C=O) groups excluding carboxylic acids is 2. The van der Waals surface area contributed by atoms with E-state index >= 15 is 0 Å². The molecule has 3 heterocycles. The highest BCUT2D eigenvalue weighted by atomic mass is 16.5. The Bertz CT molecular complexity index is 1570. The molecule has 4 aromatic rings. The third kappa shape index (κ3) is 4.08. The van der Waals surface area contributed by atoms with Gasteiger partial charge in [0.25, 0.3) is 17.4 Å². The summed E-state index contributed by atoms with van der Waals surface area (Å²) in [7, 11) is 0. The van der Waals surface area contributed by atoms with Crippen LogP contribution >= 0.6 is 0 Å². The lowest BCUT2D eigenvalue weighted by molar-refractivity contribution is 0.0339. The lowest BCUT2D eigenvalue weighted by Gasteiger charge is -2.27. The lowest BCUT2D eigenvalue weighted by Crippen LogP contribution is -2.35. The second kappa shape index (κ2) is 9.27. The van der Waals surface area contributed by atoms with Gasteiger partial charge >= 0.3 is 0 Å². The normalized spacial score (nSPS) is 15.9.